The highest BCUT2D eigenvalue weighted by Gasteiger charge is 2.29. The number of nitrogens with one attached hydrogen (secondary N) is 1. The first kappa shape index (κ1) is 16.2. The quantitative estimate of drug-likeness (QED) is 0.911. The highest BCUT2D eigenvalue weighted by molar-refractivity contribution is 5.93. The van der Waals surface area contributed by atoms with Crippen molar-refractivity contribution in [2.45, 2.75) is 12.8 Å². The maximum atomic E-state index is 13.1. The highest BCUT2D eigenvalue weighted by atomic mass is 19.1. The van der Waals surface area contributed by atoms with E-state index in [9.17, 15) is 18.4 Å². The average molecular weight is 311 g/mol. The molecule has 0 spiro atoms. The Kier molecular flexibility index (Phi) is 4.95. The second-order valence-corrected chi connectivity index (χ2v) is 5.61. The summed E-state index contributed by atoms with van der Waals surface area (Å²) in [6.45, 7) is 0.913. The van der Waals surface area contributed by atoms with E-state index >= 15 is 0 Å². The van der Waals surface area contributed by atoms with E-state index in [0.29, 0.717) is 19.5 Å². The van der Waals surface area contributed by atoms with Gasteiger partial charge in [0.2, 0.25) is 5.91 Å². The molecule has 1 fully saturated rings. The molecule has 0 radical (unpaired) electrons. The first-order valence-electron chi connectivity index (χ1n) is 7.10. The molecule has 22 heavy (non-hydrogen) atoms. The lowest BCUT2D eigenvalue weighted by molar-refractivity contribution is -0.121. The molecule has 1 N–H and O–H groups in total. The Morgan fingerprint density at radius 3 is 2.45 bits per heavy atom. The molecule has 0 bridgehead atoms. The lowest BCUT2D eigenvalue weighted by Crippen LogP contribution is -2.47. The standard InChI is InChI=1S/C15H19F2N3O2/c1-19(2)15(22)20-5-3-4-10(9-20)14(21)18-13-7-11(16)6-12(17)8-13/h6-8,10H,3-5,9H2,1-2H3,(H,18,21)/t10-/m0/s1. The number of amides is 3. The van der Waals surface area contributed by atoms with Crippen molar-refractivity contribution in [2.24, 2.45) is 5.92 Å². The highest BCUT2D eigenvalue weighted by Crippen LogP contribution is 2.20. The van der Waals surface area contributed by atoms with Crippen molar-refractivity contribution in [1.29, 1.82) is 0 Å². The first-order valence-corrected chi connectivity index (χ1v) is 7.10. The molecule has 0 unspecified atom stereocenters. The molecule has 1 aromatic carbocycles. The van der Waals surface area contributed by atoms with Crippen LogP contribution in [0.2, 0.25) is 0 Å². The summed E-state index contributed by atoms with van der Waals surface area (Å²) in [4.78, 5) is 27.2. The summed E-state index contributed by atoms with van der Waals surface area (Å²) in [6, 6.07) is 2.72. The molecule has 1 aromatic rings. The number of urea groups is 1. The van der Waals surface area contributed by atoms with Gasteiger partial charge in [0.15, 0.2) is 0 Å². The van der Waals surface area contributed by atoms with E-state index in [0.717, 1.165) is 24.6 Å². The van der Waals surface area contributed by atoms with Crippen molar-refractivity contribution in [1.82, 2.24) is 9.80 Å². The lowest BCUT2D eigenvalue weighted by Gasteiger charge is -2.33. The van der Waals surface area contributed by atoms with Gasteiger partial charge < -0.3 is 15.1 Å². The van der Waals surface area contributed by atoms with Crippen LogP contribution in [0, 0.1) is 17.6 Å². The number of likely N-dealkylation sites (tertiary alicyclic amines) is 1. The van der Waals surface area contributed by atoms with E-state index in [1.807, 2.05) is 0 Å². The number of anilines is 1. The number of carbonyl (C=O) groups excluding carboxylic acids is 2. The van der Waals surface area contributed by atoms with Crippen molar-refractivity contribution in [2.75, 3.05) is 32.5 Å². The molecule has 120 valence electrons. The van der Waals surface area contributed by atoms with E-state index in [1.54, 1.807) is 19.0 Å². The monoisotopic (exact) mass is 311 g/mol. The largest absolute Gasteiger partial charge is 0.331 e. The third-order valence-electron chi connectivity index (χ3n) is 3.58. The van der Waals surface area contributed by atoms with Crippen molar-refractivity contribution in [3.8, 4) is 0 Å². The van der Waals surface area contributed by atoms with E-state index in [-0.39, 0.29) is 23.5 Å². The number of hydrogen-bond acceptors (Lipinski definition) is 2. The summed E-state index contributed by atoms with van der Waals surface area (Å²) in [5.41, 5.74) is 0.0820. The Balaban J connectivity index is 2.01. The smallest absolute Gasteiger partial charge is 0.319 e. The number of hydrogen-bond donors (Lipinski definition) is 1. The molecule has 5 nitrogen and oxygen atoms in total. The van der Waals surface area contributed by atoms with Gasteiger partial charge >= 0.3 is 6.03 Å². The molecule has 1 heterocycles. The maximum Gasteiger partial charge on any atom is 0.319 e. The molecule has 3 amide bonds. The van der Waals surface area contributed by atoms with Crippen molar-refractivity contribution in [3.05, 3.63) is 29.8 Å². The lowest BCUT2D eigenvalue weighted by atomic mass is 9.97. The van der Waals surface area contributed by atoms with Crippen LogP contribution >= 0.6 is 0 Å². The maximum absolute atomic E-state index is 13.1. The zero-order valence-electron chi connectivity index (χ0n) is 12.6. The Hall–Kier alpha value is -2.18. The van der Waals surface area contributed by atoms with Gasteiger partial charge in [-0.15, -0.1) is 0 Å². The number of halogens is 2. The summed E-state index contributed by atoms with van der Waals surface area (Å²) >= 11 is 0. The van der Waals surface area contributed by atoms with E-state index in [1.165, 1.54) is 4.90 Å². The fourth-order valence-electron chi connectivity index (χ4n) is 2.52. The Labute approximate surface area is 127 Å². The second kappa shape index (κ2) is 6.72. The molecule has 1 saturated heterocycles. The minimum absolute atomic E-state index is 0.0820. The van der Waals surface area contributed by atoms with Gasteiger partial charge in [-0.3, -0.25) is 4.79 Å². The molecule has 1 aliphatic heterocycles. The molecule has 0 aliphatic carbocycles. The fourth-order valence-corrected chi connectivity index (χ4v) is 2.52. The van der Waals surface area contributed by atoms with E-state index in [2.05, 4.69) is 5.32 Å². The van der Waals surface area contributed by atoms with Gasteiger partial charge in [-0.2, -0.15) is 0 Å². The normalized spacial score (nSPS) is 18.0. The van der Waals surface area contributed by atoms with Gasteiger partial charge in [-0.1, -0.05) is 0 Å². The van der Waals surface area contributed by atoms with Gasteiger partial charge in [-0.05, 0) is 25.0 Å². The van der Waals surface area contributed by atoms with Gasteiger partial charge in [-0.25, -0.2) is 13.6 Å². The van der Waals surface area contributed by atoms with Gasteiger partial charge in [0.1, 0.15) is 11.6 Å². The summed E-state index contributed by atoms with van der Waals surface area (Å²) < 4.78 is 26.3. The number of piperidine rings is 1. The second-order valence-electron chi connectivity index (χ2n) is 5.61. The number of rotatable bonds is 2. The zero-order chi connectivity index (χ0) is 16.3. The van der Waals surface area contributed by atoms with Crippen LogP contribution in [0.5, 0.6) is 0 Å². The summed E-state index contributed by atoms with van der Waals surface area (Å²) in [7, 11) is 3.31. The zero-order valence-corrected chi connectivity index (χ0v) is 12.6. The minimum Gasteiger partial charge on any atom is -0.331 e. The average Bonchev–Trinajstić information content (AvgIpc) is 2.45. The molecule has 0 aromatic heterocycles. The summed E-state index contributed by atoms with van der Waals surface area (Å²) in [5.74, 6) is -2.21. The van der Waals surface area contributed by atoms with Crippen LogP contribution in [0.1, 0.15) is 12.8 Å². The van der Waals surface area contributed by atoms with Crippen LogP contribution in [0.3, 0.4) is 0 Å². The van der Waals surface area contributed by atoms with Crippen LogP contribution in [-0.4, -0.2) is 48.9 Å². The number of benzene rings is 1. The number of carbonyl (C=O) groups is 2. The summed E-state index contributed by atoms with van der Waals surface area (Å²) in [5, 5.41) is 2.51. The minimum atomic E-state index is -0.747. The van der Waals surface area contributed by atoms with Crippen molar-refractivity contribution in [3.63, 3.8) is 0 Å². The van der Waals surface area contributed by atoms with Crippen LogP contribution in [0.25, 0.3) is 0 Å². The molecular formula is C15H19F2N3O2. The Bertz CT molecular complexity index is 558. The summed E-state index contributed by atoms with van der Waals surface area (Å²) in [6.07, 6.45) is 1.36. The Morgan fingerprint density at radius 2 is 1.86 bits per heavy atom. The third-order valence-corrected chi connectivity index (χ3v) is 3.58. The first-order chi connectivity index (χ1) is 10.4. The van der Waals surface area contributed by atoms with Crippen LogP contribution < -0.4 is 5.32 Å². The van der Waals surface area contributed by atoms with E-state index < -0.39 is 11.6 Å². The molecule has 2 rings (SSSR count). The van der Waals surface area contributed by atoms with Gasteiger partial charge in [0.05, 0.1) is 5.92 Å². The molecule has 1 aliphatic rings. The Morgan fingerprint density at radius 1 is 1.23 bits per heavy atom. The van der Waals surface area contributed by atoms with Gasteiger partial charge in [0, 0.05) is 38.9 Å². The molecule has 7 heteroatoms. The topological polar surface area (TPSA) is 52.7 Å². The fraction of sp³-hybridized carbons (Fsp3) is 0.467. The third kappa shape index (κ3) is 3.93. The predicted molar refractivity (Wildman–Crippen MR) is 78.4 cm³/mol. The molecular weight excluding hydrogens is 292 g/mol. The number of nitrogens with zero attached hydrogens (tertiary/aromatic N) is 2. The SMILES string of the molecule is CN(C)C(=O)N1CCC[C@H](C(=O)Nc2cc(F)cc(F)c2)C1. The van der Waals surface area contributed by atoms with E-state index in [4.69, 9.17) is 0 Å². The van der Waals surface area contributed by atoms with Crippen LogP contribution in [-0.2, 0) is 4.79 Å². The van der Waals surface area contributed by atoms with Crippen molar-refractivity contribution < 1.29 is 18.4 Å². The molecule has 0 saturated carbocycles. The van der Waals surface area contributed by atoms with Crippen molar-refractivity contribution >= 4 is 17.6 Å². The van der Waals surface area contributed by atoms with Crippen LogP contribution in [0.4, 0.5) is 19.3 Å². The molecule has 1 atom stereocenters. The predicted octanol–water partition coefficient (Wildman–Crippen LogP) is 2.30. The van der Waals surface area contributed by atoms with Gasteiger partial charge in [0.25, 0.3) is 0 Å². The van der Waals surface area contributed by atoms with Crippen LogP contribution in [0.15, 0.2) is 18.2 Å².